The quantitative estimate of drug-likeness (QED) is 0.853. The van der Waals surface area contributed by atoms with Gasteiger partial charge in [0.05, 0.1) is 0 Å². The maximum atomic E-state index is 12.3. The number of rotatable bonds is 4. The molecule has 1 aromatic rings. The second-order valence-corrected chi connectivity index (χ2v) is 7.21. The van der Waals surface area contributed by atoms with Crippen LogP contribution >= 0.6 is 0 Å². The van der Waals surface area contributed by atoms with Crippen LogP contribution in [0.15, 0.2) is 35.7 Å². The number of benzene rings is 1. The molecular formula is C15H22N2O2S. The van der Waals surface area contributed by atoms with Crippen LogP contribution in [-0.2, 0) is 10.0 Å². The average molecular weight is 294 g/mol. The highest BCUT2D eigenvalue weighted by molar-refractivity contribution is 7.92. The molecule has 0 aromatic heterocycles. The minimum absolute atomic E-state index is 0.0687. The molecule has 2 rings (SSSR count). The van der Waals surface area contributed by atoms with E-state index in [2.05, 4.69) is 4.90 Å². The molecule has 0 radical (unpaired) electrons. The molecule has 1 saturated heterocycles. The lowest BCUT2D eigenvalue weighted by atomic mass is 10.1. The zero-order chi connectivity index (χ0) is 14.6. The van der Waals surface area contributed by atoms with Gasteiger partial charge in [-0.2, -0.15) is 4.31 Å². The lowest BCUT2D eigenvalue weighted by Gasteiger charge is -2.34. The number of sulfonamides is 1. The van der Waals surface area contributed by atoms with Crippen LogP contribution in [0.1, 0.15) is 18.4 Å². The SMILES string of the molecule is CN1CCCC(N(C)S(=O)(=O)/C=C/c2ccccc2)C1. The molecule has 1 aromatic carbocycles. The smallest absolute Gasteiger partial charge is 0.236 e. The largest absolute Gasteiger partial charge is 0.305 e. The lowest BCUT2D eigenvalue weighted by Crippen LogP contribution is -2.46. The van der Waals surface area contributed by atoms with Crippen LogP contribution < -0.4 is 0 Å². The highest BCUT2D eigenvalue weighted by atomic mass is 32.2. The summed E-state index contributed by atoms with van der Waals surface area (Å²) in [5.41, 5.74) is 0.894. The third kappa shape index (κ3) is 3.91. The molecule has 0 saturated carbocycles. The minimum atomic E-state index is -3.36. The zero-order valence-corrected chi connectivity index (χ0v) is 12.9. The van der Waals surface area contributed by atoms with Gasteiger partial charge in [-0.3, -0.25) is 0 Å². The van der Waals surface area contributed by atoms with Gasteiger partial charge in [-0.1, -0.05) is 30.3 Å². The molecule has 1 unspecified atom stereocenters. The van der Waals surface area contributed by atoms with Gasteiger partial charge in [-0.15, -0.1) is 0 Å². The van der Waals surface area contributed by atoms with Crippen molar-refractivity contribution >= 4 is 16.1 Å². The average Bonchev–Trinajstić information content (AvgIpc) is 2.45. The Morgan fingerprint density at radius 1 is 1.30 bits per heavy atom. The molecule has 20 heavy (non-hydrogen) atoms. The van der Waals surface area contributed by atoms with Crippen molar-refractivity contribution in [1.82, 2.24) is 9.21 Å². The van der Waals surface area contributed by atoms with Gasteiger partial charge in [0, 0.05) is 25.0 Å². The summed E-state index contributed by atoms with van der Waals surface area (Å²) in [6, 6.07) is 9.55. The lowest BCUT2D eigenvalue weighted by molar-refractivity contribution is 0.188. The van der Waals surface area contributed by atoms with Crippen molar-refractivity contribution in [3.05, 3.63) is 41.3 Å². The predicted octanol–water partition coefficient (Wildman–Crippen LogP) is 2.01. The number of hydrogen-bond acceptors (Lipinski definition) is 3. The second-order valence-electron chi connectivity index (χ2n) is 5.33. The Morgan fingerprint density at radius 3 is 2.65 bits per heavy atom. The summed E-state index contributed by atoms with van der Waals surface area (Å²) in [6.45, 7) is 1.85. The number of nitrogens with zero attached hydrogens (tertiary/aromatic N) is 2. The van der Waals surface area contributed by atoms with E-state index in [1.807, 2.05) is 37.4 Å². The van der Waals surface area contributed by atoms with Crippen LogP contribution in [0.5, 0.6) is 0 Å². The first-order valence-corrected chi connectivity index (χ1v) is 8.39. The fourth-order valence-electron chi connectivity index (χ4n) is 2.47. The third-order valence-corrected chi connectivity index (χ3v) is 5.33. The van der Waals surface area contributed by atoms with E-state index < -0.39 is 10.0 Å². The van der Waals surface area contributed by atoms with Crippen molar-refractivity contribution < 1.29 is 8.42 Å². The van der Waals surface area contributed by atoms with Crippen molar-refractivity contribution in [2.45, 2.75) is 18.9 Å². The number of likely N-dealkylation sites (tertiary alicyclic amines) is 1. The van der Waals surface area contributed by atoms with Crippen LogP contribution in [0.25, 0.3) is 6.08 Å². The van der Waals surface area contributed by atoms with E-state index in [0.29, 0.717) is 0 Å². The van der Waals surface area contributed by atoms with E-state index in [4.69, 9.17) is 0 Å². The molecule has 0 N–H and O–H groups in total. The third-order valence-electron chi connectivity index (χ3n) is 3.75. The minimum Gasteiger partial charge on any atom is -0.305 e. The first-order chi connectivity index (χ1) is 9.49. The van der Waals surface area contributed by atoms with Crippen molar-refractivity contribution in [3.63, 3.8) is 0 Å². The Morgan fingerprint density at radius 2 is 2.00 bits per heavy atom. The Bertz CT molecular complexity index is 554. The van der Waals surface area contributed by atoms with Gasteiger partial charge in [-0.05, 0) is 38.1 Å². The number of piperidine rings is 1. The summed E-state index contributed by atoms with van der Waals surface area (Å²) in [5.74, 6) is 0. The summed E-state index contributed by atoms with van der Waals surface area (Å²) in [6.07, 6.45) is 3.63. The Balaban J connectivity index is 2.07. The normalized spacial score (nSPS) is 21.6. The van der Waals surface area contributed by atoms with Gasteiger partial charge >= 0.3 is 0 Å². The molecule has 1 atom stereocenters. The van der Waals surface area contributed by atoms with Crippen LogP contribution in [0.4, 0.5) is 0 Å². The van der Waals surface area contributed by atoms with Crippen molar-refractivity contribution in [3.8, 4) is 0 Å². The van der Waals surface area contributed by atoms with Crippen LogP contribution in [0.2, 0.25) is 0 Å². The Labute approximate surface area is 121 Å². The van der Waals surface area contributed by atoms with E-state index in [-0.39, 0.29) is 6.04 Å². The fraction of sp³-hybridized carbons (Fsp3) is 0.467. The summed E-state index contributed by atoms with van der Waals surface area (Å²) < 4.78 is 26.2. The molecule has 5 heteroatoms. The standard InChI is InChI=1S/C15H22N2O2S/c1-16-11-6-9-15(13-16)17(2)20(18,19)12-10-14-7-4-3-5-8-14/h3-5,7-8,10,12,15H,6,9,11,13H2,1-2H3/b12-10+. The van der Waals surface area contributed by atoms with E-state index in [9.17, 15) is 8.42 Å². The number of likely N-dealkylation sites (N-methyl/N-ethyl adjacent to an activating group) is 2. The van der Waals surface area contributed by atoms with Crippen LogP contribution in [0.3, 0.4) is 0 Å². The molecule has 1 heterocycles. The van der Waals surface area contributed by atoms with Gasteiger partial charge in [0.15, 0.2) is 0 Å². The van der Waals surface area contributed by atoms with E-state index in [1.54, 1.807) is 13.1 Å². The molecular weight excluding hydrogens is 272 g/mol. The number of hydrogen-bond donors (Lipinski definition) is 0. The van der Waals surface area contributed by atoms with Gasteiger partial charge in [-0.25, -0.2) is 8.42 Å². The molecule has 110 valence electrons. The van der Waals surface area contributed by atoms with Crippen molar-refractivity contribution in [2.75, 3.05) is 27.2 Å². The molecule has 1 aliphatic rings. The zero-order valence-electron chi connectivity index (χ0n) is 12.1. The predicted molar refractivity (Wildman–Crippen MR) is 82.7 cm³/mol. The highest BCUT2D eigenvalue weighted by Crippen LogP contribution is 2.17. The summed E-state index contributed by atoms with van der Waals surface area (Å²) in [7, 11) is 0.354. The maximum absolute atomic E-state index is 12.3. The maximum Gasteiger partial charge on any atom is 0.236 e. The molecule has 1 aliphatic heterocycles. The molecule has 0 aliphatic carbocycles. The molecule has 0 spiro atoms. The van der Waals surface area contributed by atoms with Gasteiger partial charge in [0.2, 0.25) is 10.0 Å². The van der Waals surface area contributed by atoms with Gasteiger partial charge < -0.3 is 4.90 Å². The van der Waals surface area contributed by atoms with E-state index in [1.165, 1.54) is 9.71 Å². The van der Waals surface area contributed by atoms with Crippen LogP contribution in [-0.4, -0.2) is 50.8 Å². The molecule has 1 fully saturated rings. The van der Waals surface area contributed by atoms with Crippen molar-refractivity contribution in [1.29, 1.82) is 0 Å². The van der Waals surface area contributed by atoms with E-state index in [0.717, 1.165) is 31.5 Å². The second kappa shape index (κ2) is 6.52. The summed E-state index contributed by atoms with van der Waals surface area (Å²) >= 11 is 0. The van der Waals surface area contributed by atoms with Crippen molar-refractivity contribution in [2.24, 2.45) is 0 Å². The first kappa shape index (κ1) is 15.2. The Hall–Kier alpha value is -1.17. The Kier molecular flexibility index (Phi) is 4.96. The summed E-state index contributed by atoms with van der Waals surface area (Å²) in [5, 5.41) is 1.30. The van der Waals surface area contributed by atoms with Gasteiger partial charge in [0.25, 0.3) is 0 Å². The first-order valence-electron chi connectivity index (χ1n) is 6.89. The fourth-order valence-corrected chi connectivity index (χ4v) is 3.58. The van der Waals surface area contributed by atoms with E-state index >= 15 is 0 Å². The van der Waals surface area contributed by atoms with Crippen LogP contribution in [0, 0.1) is 0 Å². The summed E-state index contributed by atoms with van der Waals surface area (Å²) in [4.78, 5) is 2.18. The highest BCUT2D eigenvalue weighted by Gasteiger charge is 2.27. The topological polar surface area (TPSA) is 40.6 Å². The molecule has 0 amide bonds. The monoisotopic (exact) mass is 294 g/mol. The molecule has 0 bridgehead atoms. The van der Waals surface area contributed by atoms with Gasteiger partial charge in [0.1, 0.15) is 0 Å². The molecule has 4 nitrogen and oxygen atoms in total.